The molecule has 3 heterocycles. The van der Waals surface area contributed by atoms with Gasteiger partial charge in [-0.25, -0.2) is 14.8 Å². The highest BCUT2D eigenvalue weighted by atomic mass is 19.4. The number of H-pyrrole nitrogens is 1. The summed E-state index contributed by atoms with van der Waals surface area (Å²) in [5.74, 6) is 6.02. The lowest BCUT2D eigenvalue weighted by Gasteiger charge is -2.33. The first kappa shape index (κ1) is 27.2. The van der Waals surface area contributed by atoms with Gasteiger partial charge >= 0.3 is 12.2 Å². The van der Waals surface area contributed by atoms with Gasteiger partial charge in [-0.3, -0.25) is 4.90 Å². The fourth-order valence-corrected chi connectivity index (χ4v) is 4.45. The van der Waals surface area contributed by atoms with Crippen molar-refractivity contribution in [2.24, 2.45) is 0 Å². The minimum absolute atomic E-state index is 0.0531. The van der Waals surface area contributed by atoms with Crippen molar-refractivity contribution in [3.05, 3.63) is 82.8 Å². The number of fused-ring (bicyclic) bond motifs is 1. The first-order valence-electron chi connectivity index (χ1n) is 12.8. The predicted octanol–water partition coefficient (Wildman–Crippen LogP) is 5.08. The summed E-state index contributed by atoms with van der Waals surface area (Å²) < 4.78 is 41.7. The second-order valence-electron chi connectivity index (χ2n) is 9.77. The Bertz CT molecular complexity index is 1590. The van der Waals surface area contributed by atoms with Crippen molar-refractivity contribution in [2.75, 3.05) is 43.9 Å². The lowest BCUT2D eigenvalue weighted by Crippen LogP contribution is -2.44. The molecule has 206 valence electrons. The Morgan fingerprint density at radius 3 is 2.50 bits per heavy atom. The number of piperazine rings is 1. The molecule has 4 aromatic rings. The summed E-state index contributed by atoms with van der Waals surface area (Å²) in [5, 5.41) is 5.19. The molecule has 0 bridgehead atoms. The highest BCUT2D eigenvalue weighted by Crippen LogP contribution is 2.34. The van der Waals surface area contributed by atoms with Crippen molar-refractivity contribution in [3.63, 3.8) is 0 Å². The number of carbonyl (C=O) groups excluding carboxylic acids is 1. The molecule has 0 atom stereocenters. The van der Waals surface area contributed by atoms with E-state index in [1.807, 2.05) is 24.9 Å². The number of hydrogen-bond donors (Lipinski definition) is 3. The van der Waals surface area contributed by atoms with Crippen molar-refractivity contribution in [2.45, 2.75) is 19.6 Å². The van der Waals surface area contributed by atoms with Crippen molar-refractivity contribution in [1.82, 2.24) is 24.8 Å². The molecule has 0 aliphatic carbocycles. The van der Waals surface area contributed by atoms with E-state index in [1.165, 1.54) is 12.1 Å². The number of nitrogens with one attached hydrogen (secondary N) is 3. The molecule has 3 N–H and O–H groups in total. The van der Waals surface area contributed by atoms with Crippen LogP contribution in [0.25, 0.3) is 11.2 Å². The van der Waals surface area contributed by atoms with Crippen LogP contribution in [-0.2, 0) is 12.7 Å². The van der Waals surface area contributed by atoms with Crippen molar-refractivity contribution < 1.29 is 18.0 Å². The maximum atomic E-state index is 13.9. The maximum Gasteiger partial charge on any atom is 0.416 e. The summed E-state index contributed by atoms with van der Waals surface area (Å²) in [7, 11) is 2.00. The van der Waals surface area contributed by atoms with E-state index in [9.17, 15) is 18.0 Å². The summed E-state index contributed by atoms with van der Waals surface area (Å²) in [4.78, 5) is 28.5. The number of likely N-dealkylation sites (N-methyl/N-ethyl adjacent to an activating group) is 1. The number of aromatic nitrogens is 3. The van der Waals surface area contributed by atoms with Gasteiger partial charge in [0.2, 0.25) is 0 Å². The van der Waals surface area contributed by atoms with Crippen molar-refractivity contribution in [3.8, 4) is 11.8 Å². The predicted molar refractivity (Wildman–Crippen MR) is 148 cm³/mol. The topological polar surface area (TPSA) is 89.2 Å². The van der Waals surface area contributed by atoms with E-state index in [1.54, 1.807) is 30.6 Å². The minimum Gasteiger partial charge on any atom is -0.345 e. The largest absolute Gasteiger partial charge is 0.416 e. The smallest absolute Gasteiger partial charge is 0.345 e. The number of rotatable bonds is 4. The Labute approximate surface area is 229 Å². The fraction of sp³-hybridized carbons (Fsp3) is 0.276. The van der Waals surface area contributed by atoms with Crippen LogP contribution in [0.2, 0.25) is 0 Å². The van der Waals surface area contributed by atoms with Gasteiger partial charge in [0.25, 0.3) is 0 Å². The molecule has 1 fully saturated rings. The number of nitrogens with zero attached hydrogens (tertiary/aromatic N) is 4. The Morgan fingerprint density at radius 2 is 1.75 bits per heavy atom. The number of aryl methyl sites for hydroxylation is 1. The number of hydrogen-bond acceptors (Lipinski definition) is 5. The zero-order chi connectivity index (χ0) is 28.3. The Morgan fingerprint density at radius 1 is 1.02 bits per heavy atom. The van der Waals surface area contributed by atoms with Crippen molar-refractivity contribution >= 4 is 28.6 Å². The Hall–Kier alpha value is -4.40. The third-order valence-corrected chi connectivity index (χ3v) is 6.75. The van der Waals surface area contributed by atoms with Gasteiger partial charge < -0.3 is 20.5 Å². The highest BCUT2D eigenvalue weighted by Gasteiger charge is 2.34. The molecule has 2 amide bonds. The molecule has 1 aliphatic heterocycles. The lowest BCUT2D eigenvalue weighted by atomic mass is 10.0. The standard InChI is InChI=1S/C29H28F3N7O/c1-19-3-6-22(15-20(19)4-8-24-17-34-26-9-10-33-27(26)35-24)36-28(40)37-23-7-5-21(25(16-23)29(30,31)32)18-39-13-11-38(2)12-14-39/h3,5-7,9-10,15-17H,11-14,18H2,1-2H3,(H,33,35)(H2,36,37,40). The van der Waals surface area contributed by atoms with Crippen LogP contribution in [0.4, 0.5) is 29.3 Å². The SMILES string of the molecule is Cc1ccc(NC(=O)Nc2ccc(CN3CCN(C)CC3)c(C(F)(F)F)c2)cc1C#Cc1cnc2cc[nH]c2n1. The first-order valence-corrected chi connectivity index (χ1v) is 12.8. The van der Waals surface area contributed by atoms with E-state index in [2.05, 4.69) is 42.3 Å². The van der Waals surface area contributed by atoms with Gasteiger partial charge in [0.05, 0.1) is 11.8 Å². The van der Waals surface area contributed by atoms with E-state index >= 15 is 0 Å². The van der Waals surface area contributed by atoms with Gasteiger partial charge in [0.15, 0.2) is 5.65 Å². The van der Waals surface area contributed by atoms with Crippen LogP contribution in [0, 0.1) is 18.8 Å². The molecule has 1 aliphatic rings. The average molecular weight is 548 g/mol. The summed E-state index contributed by atoms with van der Waals surface area (Å²) in [6, 6.07) is 10.3. The van der Waals surface area contributed by atoms with E-state index in [0.29, 0.717) is 35.7 Å². The number of benzene rings is 2. The molecule has 8 nitrogen and oxygen atoms in total. The molecular weight excluding hydrogens is 519 g/mol. The van der Waals surface area contributed by atoms with Crippen LogP contribution < -0.4 is 10.6 Å². The number of aromatic amines is 1. The molecule has 11 heteroatoms. The van der Waals surface area contributed by atoms with Gasteiger partial charge in [-0.05, 0) is 61.4 Å². The fourth-order valence-electron chi connectivity index (χ4n) is 4.45. The summed E-state index contributed by atoms with van der Waals surface area (Å²) in [6.07, 6.45) is -1.21. The van der Waals surface area contributed by atoms with Gasteiger partial charge in [0, 0.05) is 55.9 Å². The number of halogens is 3. The zero-order valence-corrected chi connectivity index (χ0v) is 22.1. The number of alkyl halides is 3. The second kappa shape index (κ2) is 11.4. The van der Waals surface area contributed by atoms with E-state index < -0.39 is 17.8 Å². The van der Waals surface area contributed by atoms with Crippen molar-refractivity contribution in [1.29, 1.82) is 0 Å². The first-order chi connectivity index (χ1) is 19.1. The zero-order valence-electron chi connectivity index (χ0n) is 22.1. The highest BCUT2D eigenvalue weighted by molar-refractivity contribution is 6.00. The van der Waals surface area contributed by atoms with Crippen LogP contribution in [-0.4, -0.2) is 64.0 Å². The molecule has 0 radical (unpaired) electrons. The van der Waals surface area contributed by atoms with E-state index in [4.69, 9.17) is 0 Å². The molecule has 2 aromatic heterocycles. The van der Waals surface area contributed by atoms with Gasteiger partial charge in [-0.15, -0.1) is 0 Å². The number of carbonyl (C=O) groups is 1. The third-order valence-electron chi connectivity index (χ3n) is 6.75. The molecule has 5 rings (SSSR count). The van der Waals surface area contributed by atoms with Gasteiger partial charge in [0.1, 0.15) is 11.2 Å². The summed E-state index contributed by atoms with van der Waals surface area (Å²) in [5.41, 5.74) is 3.35. The normalized spacial score (nSPS) is 14.5. The molecule has 0 spiro atoms. The van der Waals surface area contributed by atoms with Crippen LogP contribution in [0.1, 0.15) is 27.9 Å². The van der Waals surface area contributed by atoms with Gasteiger partial charge in [-0.1, -0.05) is 18.1 Å². The lowest BCUT2D eigenvalue weighted by molar-refractivity contribution is -0.138. The van der Waals surface area contributed by atoms with Crippen LogP contribution in [0.15, 0.2) is 54.9 Å². The summed E-state index contributed by atoms with van der Waals surface area (Å²) in [6.45, 7) is 5.11. The average Bonchev–Trinajstić information content (AvgIpc) is 3.38. The monoisotopic (exact) mass is 547 g/mol. The van der Waals surface area contributed by atoms with E-state index in [0.717, 1.165) is 30.2 Å². The number of urea groups is 1. The molecule has 0 unspecified atom stereocenters. The molecule has 0 saturated carbocycles. The number of amides is 2. The molecule has 2 aromatic carbocycles. The quantitative estimate of drug-likeness (QED) is 0.310. The second-order valence-corrected chi connectivity index (χ2v) is 9.77. The minimum atomic E-state index is -4.55. The van der Waals surface area contributed by atoms with Crippen LogP contribution in [0.5, 0.6) is 0 Å². The van der Waals surface area contributed by atoms with Crippen LogP contribution in [0.3, 0.4) is 0 Å². The van der Waals surface area contributed by atoms with Crippen LogP contribution >= 0.6 is 0 Å². The third kappa shape index (κ3) is 6.59. The molecule has 1 saturated heterocycles. The molecular formula is C29H28F3N7O. The van der Waals surface area contributed by atoms with E-state index in [-0.39, 0.29) is 17.8 Å². The summed E-state index contributed by atoms with van der Waals surface area (Å²) >= 11 is 0. The number of anilines is 2. The maximum absolute atomic E-state index is 13.9. The van der Waals surface area contributed by atoms with Gasteiger partial charge in [-0.2, -0.15) is 13.2 Å². The molecule has 40 heavy (non-hydrogen) atoms. The Balaban J connectivity index is 1.27. The Kier molecular flexibility index (Phi) is 7.73.